The molecule has 0 fully saturated rings. The highest BCUT2D eigenvalue weighted by atomic mass is 16.3. The summed E-state index contributed by atoms with van der Waals surface area (Å²) in [5, 5.41) is 11.0. The van der Waals surface area contributed by atoms with Crippen molar-refractivity contribution in [3.8, 4) is 0 Å². The lowest BCUT2D eigenvalue weighted by atomic mass is 9.90. The molecule has 1 aromatic carbocycles. The van der Waals surface area contributed by atoms with Gasteiger partial charge in [0.25, 0.3) is 5.91 Å². The Balaban J connectivity index is 1.86. The van der Waals surface area contributed by atoms with Crippen LogP contribution in [0.5, 0.6) is 0 Å². The second-order valence-electron chi connectivity index (χ2n) is 5.83. The predicted molar refractivity (Wildman–Crippen MR) is 90.3 cm³/mol. The first kappa shape index (κ1) is 16.2. The number of hydrogen-bond acceptors (Lipinski definition) is 4. The molecule has 1 aliphatic heterocycles. The Bertz CT molecular complexity index is 778. The van der Waals surface area contributed by atoms with Crippen molar-refractivity contribution < 1.29 is 19.1 Å². The standard InChI is InChI=1S/C19H19NO4/c1-2-11-20-17-8-4-3-7-16(17)19(23,18(20)22)13-14(21)9-10-15-6-5-12-24-15/h3-10,12,23H,2,11,13H2,1H3. The number of aliphatic hydroxyl groups is 1. The highest BCUT2D eigenvalue weighted by Gasteiger charge is 2.50. The molecule has 24 heavy (non-hydrogen) atoms. The minimum atomic E-state index is -1.81. The first-order valence-electron chi connectivity index (χ1n) is 7.94. The van der Waals surface area contributed by atoms with E-state index in [4.69, 9.17) is 4.42 Å². The SMILES string of the molecule is CCCN1C(=O)C(O)(CC(=O)C=Cc2ccco2)c2ccccc21. The summed E-state index contributed by atoms with van der Waals surface area (Å²) >= 11 is 0. The number of rotatable bonds is 6. The van der Waals surface area contributed by atoms with Gasteiger partial charge < -0.3 is 14.4 Å². The van der Waals surface area contributed by atoms with Crippen molar-refractivity contribution in [1.29, 1.82) is 0 Å². The monoisotopic (exact) mass is 325 g/mol. The van der Waals surface area contributed by atoms with Gasteiger partial charge >= 0.3 is 0 Å². The van der Waals surface area contributed by atoms with E-state index >= 15 is 0 Å². The van der Waals surface area contributed by atoms with E-state index in [9.17, 15) is 14.7 Å². The third-order valence-electron chi connectivity index (χ3n) is 4.09. The number of ketones is 1. The van der Waals surface area contributed by atoms with Crippen LogP contribution in [0.25, 0.3) is 6.08 Å². The van der Waals surface area contributed by atoms with Gasteiger partial charge in [0.05, 0.1) is 18.4 Å². The van der Waals surface area contributed by atoms with Gasteiger partial charge in [0.15, 0.2) is 11.4 Å². The van der Waals surface area contributed by atoms with Crippen LogP contribution in [0.2, 0.25) is 0 Å². The van der Waals surface area contributed by atoms with Crippen molar-refractivity contribution >= 4 is 23.5 Å². The summed E-state index contributed by atoms with van der Waals surface area (Å²) in [4.78, 5) is 26.5. The number of fused-ring (bicyclic) bond motifs is 1. The number of amides is 1. The quantitative estimate of drug-likeness (QED) is 0.829. The number of hydrogen-bond donors (Lipinski definition) is 1. The van der Waals surface area contributed by atoms with E-state index in [1.165, 1.54) is 18.4 Å². The van der Waals surface area contributed by atoms with Gasteiger partial charge in [-0.15, -0.1) is 0 Å². The van der Waals surface area contributed by atoms with Crippen LogP contribution in [0.1, 0.15) is 31.1 Å². The molecule has 2 aromatic rings. The Morgan fingerprint density at radius 1 is 1.29 bits per heavy atom. The molecule has 1 N–H and O–H groups in total. The summed E-state index contributed by atoms with van der Waals surface area (Å²) in [6.07, 6.45) is 4.84. The topological polar surface area (TPSA) is 70.8 Å². The van der Waals surface area contributed by atoms with Crippen LogP contribution in [0.15, 0.2) is 53.2 Å². The Kier molecular flexibility index (Phi) is 4.36. The molecule has 0 aliphatic carbocycles. The number of nitrogens with zero attached hydrogens (tertiary/aromatic N) is 1. The molecule has 0 saturated heterocycles. The van der Waals surface area contributed by atoms with Gasteiger partial charge in [0.2, 0.25) is 0 Å². The molecule has 1 unspecified atom stereocenters. The van der Waals surface area contributed by atoms with Crippen molar-refractivity contribution in [3.63, 3.8) is 0 Å². The van der Waals surface area contributed by atoms with Crippen molar-refractivity contribution in [2.24, 2.45) is 0 Å². The van der Waals surface area contributed by atoms with Gasteiger partial charge in [-0.3, -0.25) is 9.59 Å². The Labute approximate surface area is 140 Å². The minimum absolute atomic E-state index is 0.291. The average Bonchev–Trinajstić information content (AvgIpc) is 3.16. The maximum Gasteiger partial charge on any atom is 0.264 e. The number of carbonyl (C=O) groups is 2. The number of anilines is 1. The maximum absolute atomic E-state index is 12.7. The van der Waals surface area contributed by atoms with E-state index in [1.807, 2.05) is 13.0 Å². The highest BCUT2D eigenvalue weighted by Crippen LogP contribution is 2.42. The molecule has 5 heteroatoms. The smallest absolute Gasteiger partial charge is 0.264 e. The molecule has 5 nitrogen and oxygen atoms in total. The van der Waals surface area contributed by atoms with Gasteiger partial charge in [-0.1, -0.05) is 25.1 Å². The number of para-hydroxylation sites is 1. The van der Waals surface area contributed by atoms with Crippen LogP contribution in [-0.4, -0.2) is 23.3 Å². The molecule has 1 aromatic heterocycles. The van der Waals surface area contributed by atoms with E-state index in [2.05, 4.69) is 0 Å². The zero-order valence-corrected chi connectivity index (χ0v) is 13.4. The third-order valence-corrected chi connectivity index (χ3v) is 4.09. The van der Waals surface area contributed by atoms with E-state index in [1.54, 1.807) is 35.2 Å². The first-order valence-corrected chi connectivity index (χ1v) is 7.94. The molecule has 0 saturated carbocycles. The van der Waals surface area contributed by atoms with Crippen molar-refractivity contribution in [2.75, 3.05) is 11.4 Å². The molecule has 124 valence electrons. The largest absolute Gasteiger partial charge is 0.465 e. The summed E-state index contributed by atoms with van der Waals surface area (Å²) in [5.41, 5.74) is -0.644. The first-order chi connectivity index (χ1) is 11.6. The van der Waals surface area contributed by atoms with Crippen molar-refractivity contribution in [1.82, 2.24) is 0 Å². The van der Waals surface area contributed by atoms with Crippen LogP contribution < -0.4 is 4.90 Å². The molecule has 0 radical (unpaired) electrons. The van der Waals surface area contributed by atoms with E-state index in [0.29, 0.717) is 23.6 Å². The van der Waals surface area contributed by atoms with Gasteiger partial charge in [0.1, 0.15) is 5.76 Å². The van der Waals surface area contributed by atoms with Crippen LogP contribution >= 0.6 is 0 Å². The summed E-state index contributed by atoms with van der Waals surface area (Å²) in [7, 11) is 0. The lowest BCUT2D eigenvalue weighted by Crippen LogP contribution is -2.41. The van der Waals surface area contributed by atoms with Crippen LogP contribution in [0, 0.1) is 0 Å². The molecular weight excluding hydrogens is 306 g/mol. The van der Waals surface area contributed by atoms with Crippen molar-refractivity contribution in [3.05, 3.63) is 60.1 Å². The van der Waals surface area contributed by atoms with E-state index < -0.39 is 11.5 Å². The number of allylic oxidation sites excluding steroid dienone is 1. The highest BCUT2D eigenvalue weighted by molar-refractivity contribution is 6.10. The molecule has 1 amide bonds. The Hall–Kier alpha value is -2.66. The fourth-order valence-electron chi connectivity index (χ4n) is 3.00. The van der Waals surface area contributed by atoms with Crippen LogP contribution in [-0.2, 0) is 15.2 Å². The van der Waals surface area contributed by atoms with Crippen LogP contribution in [0.3, 0.4) is 0 Å². The normalized spacial score (nSPS) is 19.9. The van der Waals surface area contributed by atoms with Gasteiger partial charge in [-0.25, -0.2) is 0 Å². The lowest BCUT2D eigenvalue weighted by molar-refractivity contribution is -0.140. The summed E-state index contributed by atoms with van der Waals surface area (Å²) in [5.74, 6) is -0.234. The maximum atomic E-state index is 12.7. The van der Waals surface area contributed by atoms with E-state index in [-0.39, 0.29) is 12.2 Å². The Morgan fingerprint density at radius 2 is 2.08 bits per heavy atom. The van der Waals surface area contributed by atoms with Gasteiger partial charge in [-0.2, -0.15) is 0 Å². The number of carbonyl (C=O) groups excluding carboxylic acids is 2. The number of benzene rings is 1. The fourth-order valence-corrected chi connectivity index (χ4v) is 3.00. The lowest BCUT2D eigenvalue weighted by Gasteiger charge is -2.21. The van der Waals surface area contributed by atoms with Gasteiger partial charge in [0, 0.05) is 12.1 Å². The Morgan fingerprint density at radius 3 is 2.79 bits per heavy atom. The molecule has 3 rings (SSSR count). The van der Waals surface area contributed by atoms with Crippen molar-refractivity contribution in [2.45, 2.75) is 25.4 Å². The minimum Gasteiger partial charge on any atom is -0.465 e. The molecule has 0 spiro atoms. The molecule has 1 atom stereocenters. The second kappa shape index (κ2) is 6.45. The third kappa shape index (κ3) is 2.78. The van der Waals surface area contributed by atoms with Gasteiger partial charge in [-0.05, 0) is 36.8 Å². The molecule has 1 aliphatic rings. The molecular formula is C19H19NO4. The zero-order valence-electron chi connectivity index (χ0n) is 13.4. The van der Waals surface area contributed by atoms with E-state index in [0.717, 1.165) is 6.42 Å². The summed E-state index contributed by atoms with van der Waals surface area (Å²) < 4.78 is 5.13. The predicted octanol–water partition coefficient (Wildman–Crippen LogP) is 2.90. The molecule has 2 heterocycles. The van der Waals surface area contributed by atoms with Crippen LogP contribution in [0.4, 0.5) is 5.69 Å². The zero-order chi connectivity index (χ0) is 17.2. The average molecular weight is 325 g/mol. The molecule has 0 bridgehead atoms. The fraction of sp³-hybridized carbons (Fsp3) is 0.263. The number of furan rings is 1. The summed E-state index contributed by atoms with van der Waals surface area (Å²) in [6.45, 7) is 2.47. The summed E-state index contributed by atoms with van der Waals surface area (Å²) in [6, 6.07) is 10.5. The second-order valence-corrected chi connectivity index (χ2v) is 5.83.